The number of aryl methyl sites for hydroxylation is 1. The Morgan fingerprint density at radius 2 is 2.33 bits per heavy atom. The van der Waals surface area contributed by atoms with Gasteiger partial charge in [0.2, 0.25) is 0 Å². The van der Waals surface area contributed by atoms with Crippen LogP contribution in [0.5, 0.6) is 0 Å². The molecule has 15 heavy (non-hydrogen) atoms. The second-order valence-corrected chi connectivity index (χ2v) is 3.71. The van der Waals surface area contributed by atoms with Crippen molar-refractivity contribution >= 4 is 5.97 Å². The van der Waals surface area contributed by atoms with Gasteiger partial charge in [-0.1, -0.05) is 0 Å². The van der Waals surface area contributed by atoms with E-state index in [2.05, 4.69) is 10.1 Å². The fourth-order valence-corrected chi connectivity index (χ4v) is 1.56. The number of β-amino-alcohol motifs (C(OH)–C–C–N with tert-alkyl or cyclic N) is 1. The highest BCUT2D eigenvalue weighted by Gasteiger charge is 2.40. The van der Waals surface area contributed by atoms with Crippen LogP contribution in [0.3, 0.4) is 0 Å². The van der Waals surface area contributed by atoms with Crippen molar-refractivity contribution in [1.82, 2.24) is 5.32 Å². The highest BCUT2D eigenvalue weighted by molar-refractivity contribution is 5.90. The molecule has 0 aliphatic carbocycles. The van der Waals surface area contributed by atoms with Crippen molar-refractivity contribution in [2.75, 3.05) is 20.2 Å². The summed E-state index contributed by atoms with van der Waals surface area (Å²) in [6, 6.07) is 1.54. The summed E-state index contributed by atoms with van der Waals surface area (Å²) in [7, 11) is 1.31. The van der Waals surface area contributed by atoms with Crippen molar-refractivity contribution in [1.29, 1.82) is 0 Å². The third kappa shape index (κ3) is 1.53. The van der Waals surface area contributed by atoms with Crippen LogP contribution in [0.4, 0.5) is 0 Å². The molecule has 0 amide bonds. The van der Waals surface area contributed by atoms with Gasteiger partial charge in [-0.25, -0.2) is 4.79 Å². The van der Waals surface area contributed by atoms with Gasteiger partial charge in [0, 0.05) is 13.1 Å². The number of esters is 1. The van der Waals surface area contributed by atoms with Crippen molar-refractivity contribution in [3.63, 3.8) is 0 Å². The molecule has 1 aliphatic heterocycles. The Labute approximate surface area is 87.0 Å². The van der Waals surface area contributed by atoms with Gasteiger partial charge in [0.05, 0.1) is 7.11 Å². The average Bonchev–Trinajstić information content (AvgIpc) is 2.56. The first-order chi connectivity index (χ1) is 7.07. The molecule has 5 heteroatoms. The quantitative estimate of drug-likeness (QED) is 0.682. The van der Waals surface area contributed by atoms with Gasteiger partial charge in [0.25, 0.3) is 0 Å². The molecule has 0 unspecified atom stereocenters. The lowest BCUT2D eigenvalue weighted by Gasteiger charge is -2.35. The molecule has 0 spiro atoms. The van der Waals surface area contributed by atoms with Gasteiger partial charge in [0.1, 0.15) is 22.7 Å². The molecule has 5 nitrogen and oxygen atoms in total. The minimum absolute atomic E-state index is 0.368. The molecule has 0 atom stereocenters. The highest BCUT2D eigenvalue weighted by Crippen LogP contribution is 2.29. The van der Waals surface area contributed by atoms with E-state index in [4.69, 9.17) is 4.42 Å². The van der Waals surface area contributed by atoms with E-state index in [1.807, 2.05) is 0 Å². The zero-order valence-corrected chi connectivity index (χ0v) is 8.66. The number of furan rings is 1. The van der Waals surface area contributed by atoms with Gasteiger partial charge in [-0.3, -0.25) is 0 Å². The van der Waals surface area contributed by atoms with E-state index < -0.39 is 11.6 Å². The third-order valence-corrected chi connectivity index (χ3v) is 2.62. The molecule has 1 aromatic rings. The monoisotopic (exact) mass is 211 g/mol. The van der Waals surface area contributed by atoms with E-state index in [1.165, 1.54) is 7.11 Å². The lowest BCUT2D eigenvalue weighted by atomic mass is 9.94. The van der Waals surface area contributed by atoms with Crippen LogP contribution < -0.4 is 5.32 Å². The van der Waals surface area contributed by atoms with E-state index in [0.717, 1.165) is 0 Å². The highest BCUT2D eigenvalue weighted by atomic mass is 16.5. The van der Waals surface area contributed by atoms with Crippen molar-refractivity contribution in [2.45, 2.75) is 12.5 Å². The maximum absolute atomic E-state index is 11.3. The zero-order valence-electron chi connectivity index (χ0n) is 8.66. The second-order valence-electron chi connectivity index (χ2n) is 3.71. The first-order valence-electron chi connectivity index (χ1n) is 4.69. The molecule has 1 aliphatic rings. The number of carbonyl (C=O) groups is 1. The Kier molecular flexibility index (Phi) is 2.28. The Morgan fingerprint density at radius 1 is 1.67 bits per heavy atom. The van der Waals surface area contributed by atoms with Crippen molar-refractivity contribution < 1.29 is 19.1 Å². The van der Waals surface area contributed by atoms with Gasteiger partial charge in [-0.15, -0.1) is 0 Å². The summed E-state index contributed by atoms with van der Waals surface area (Å²) < 4.78 is 9.95. The predicted octanol–water partition coefficient (Wildman–Crippen LogP) is 0.165. The standard InChI is InChI=1S/C10H13NO4/c1-6-7(9(12)14-2)3-8(15-6)10(13)4-11-5-10/h3,11,13H,4-5H2,1-2H3. The van der Waals surface area contributed by atoms with Gasteiger partial charge < -0.3 is 19.6 Å². The molecular weight excluding hydrogens is 198 g/mol. The smallest absolute Gasteiger partial charge is 0.341 e. The van der Waals surface area contributed by atoms with Crippen molar-refractivity contribution in [3.05, 3.63) is 23.2 Å². The lowest BCUT2D eigenvalue weighted by molar-refractivity contribution is -0.0337. The fraction of sp³-hybridized carbons (Fsp3) is 0.500. The van der Waals surface area contributed by atoms with Gasteiger partial charge in [-0.05, 0) is 13.0 Å². The van der Waals surface area contributed by atoms with E-state index in [1.54, 1.807) is 13.0 Å². The average molecular weight is 211 g/mol. The Bertz CT molecular complexity index is 392. The van der Waals surface area contributed by atoms with Gasteiger partial charge >= 0.3 is 5.97 Å². The molecule has 1 fully saturated rings. The van der Waals surface area contributed by atoms with Gasteiger partial charge in [-0.2, -0.15) is 0 Å². The van der Waals surface area contributed by atoms with Crippen LogP contribution in [0.1, 0.15) is 21.9 Å². The van der Waals surface area contributed by atoms with Crippen LogP contribution in [0.2, 0.25) is 0 Å². The van der Waals surface area contributed by atoms with E-state index in [0.29, 0.717) is 30.2 Å². The van der Waals surface area contributed by atoms with Crippen LogP contribution in [0.25, 0.3) is 0 Å². The number of hydrogen-bond donors (Lipinski definition) is 2. The molecule has 1 aromatic heterocycles. The molecule has 2 rings (SSSR count). The normalized spacial score (nSPS) is 18.3. The summed E-state index contributed by atoms with van der Waals surface area (Å²) in [6.07, 6.45) is 0. The number of ether oxygens (including phenoxy) is 1. The summed E-state index contributed by atoms with van der Waals surface area (Å²) in [5.41, 5.74) is -0.607. The van der Waals surface area contributed by atoms with Crippen LogP contribution in [0.15, 0.2) is 10.5 Å². The molecule has 2 N–H and O–H groups in total. The van der Waals surface area contributed by atoms with E-state index in [9.17, 15) is 9.90 Å². The van der Waals surface area contributed by atoms with Crippen molar-refractivity contribution in [3.8, 4) is 0 Å². The molecule has 0 aromatic carbocycles. The minimum Gasteiger partial charge on any atom is -0.465 e. The number of rotatable bonds is 2. The Hall–Kier alpha value is -1.33. The molecule has 82 valence electrons. The lowest BCUT2D eigenvalue weighted by Crippen LogP contribution is -2.56. The summed E-state index contributed by atoms with van der Waals surface area (Å²) in [6.45, 7) is 2.56. The van der Waals surface area contributed by atoms with Gasteiger partial charge in [0.15, 0.2) is 0 Å². The molecule has 0 radical (unpaired) electrons. The zero-order chi connectivity index (χ0) is 11.1. The number of aliphatic hydroxyl groups is 1. The third-order valence-electron chi connectivity index (χ3n) is 2.62. The maximum Gasteiger partial charge on any atom is 0.341 e. The minimum atomic E-state index is -0.975. The van der Waals surface area contributed by atoms with Crippen LogP contribution >= 0.6 is 0 Å². The fourth-order valence-electron chi connectivity index (χ4n) is 1.56. The summed E-state index contributed by atoms with van der Waals surface area (Å²) in [4.78, 5) is 11.3. The SMILES string of the molecule is COC(=O)c1cc(C2(O)CNC2)oc1C. The number of carbonyl (C=O) groups excluding carboxylic acids is 1. The van der Waals surface area contributed by atoms with Crippen LogP contribution in [0, 0.1) is 6.92 Å². The second kappa shape index (κ2) is 3.36. The summed E-state index contributed by atoms with van der Waals surface area (Å²) in [5, 5.41) is 12.9. The molecular formula is C10H13NO4. The maximum atomic E-state index is 11.3. The topological polar surface area (TPSA) is 71.7 Å². The predicted molar refractivity (Wildman–Crippen MR) is 51.6 cm³/mol. The van der Waals surface area contributed by atoms with Crippen LogP contribution in [-0.4, -0.2) is 31.3 Å². The largest absolute Gasteiger partial charge is 0.465 e. The number of nitrogens with one attached hydrogen (secondary N) is 1. The molecule has 0 saturated carbocycles. The molecule has 1 saturated heterocycles. The first-order valence-corrected chi connectivity index (χ1v) is 4.69. The molecule has 2 heterocycles. The Morgan fingerprint density at radius 3 is 2.80 bits per heavy atom. The molecule has 0 bridgehead atoms. The number of methoxy groups -OCH3 is 1. The first kappa shape index (κ1) is 10.2. The number of hydrogen-bond acceptors (Lipinski definition) is 5. The van der Waals surface area contributed by atoms with Crippen LogP contribution in [-0.2, 0) is 10.3 Å². The summed E-state index contributed by atoms with van der Waals surface area (Å²) >= 11 is 0. The van der Waals surface area contributed by atoms with E-state index in [-0.39, 0.29) is 0 Å². The Balaban J connectivity index is 2.32. The van der Waals surface area contributed by atoms with E-state index >= 15 is 0 Å². The van der Waals surface area contributed by atoms with Crippen molar-refractivity contribution in [2.24, 2.45) is 0 Å². The summed E-state index contributed by atoms with van der Waals surface area (Å²) in [5.74, 6) is 0.440.